The third-order valence-electron chi connectivity index (χ3n) is 3.52. The standard InChI is InChI=1S/C13H13F3N2O4/c14-13(15,16)9-2-1-4-18(11(9)20)7-10(19)17-5-3-8(6-17)12(21)22/h1-2,4,8H,3,5-7H2,(H,21,22)/t8-/m0/s1. The number of carboxylic acids is 1. The van der Waals surface area contributed by atoms with E-state index in [1.807, 2.05) is 0 Å². The van der Waals surface area contributed by atoms with Crippen LogP contribution in [0.15, 0.2) is 23.1 Å². The Morgan fingerprint density at radius 3 is 2.59 bits per heavy atom. The van der Waals surface area contributed by atoms with Crippen molar-refractivity contribution in [3.8, 4) is 0 Å². The Kier molecular flexibility index (Phi) is 4.25. The molecule has 0 bridgehead atoms. The van der Waals surface area contributed by atoms with Crippen LogP contribution in [-0.2, 0) is 22.3 Å². The van der Waals surface area contributed by atoms with E-state index in [0.717, 1.165) is 12.3 Å². The summed E-state index contributed by atoms with van der Waals surface area (Å²) in [7, 11) is 0. The van der Waals surface area contributed by atoms with E-state index in [9.17, 15) is 27.6 Å². The molecule has 9 heteroatoms. The van der Waals surface area contributed by atoms with Gasteiger partial charge in [0.15, 0.2) is 0 Å². The number of halogens is 3. The molecule has 0 aromatic carbocycles. The third kappa shape index (κ3) is 3.29. The summed E-state index contributed by atoms with van der Waals surface area (Å²) in [6.45, 7) is -0.333. The number of carbonyl (C=O) groups is 2. The quantitative estimate of drug-likeness (QED) is 0.894. The Labute approximate surface area is 122 Å². The number of likely N-dealkylation sites (tertiary alicyclic amines) is 1. The highest BCUT2D eigenvalue weighted by molar-refractivity contribution is 5.78. The van der Waals surface area contributed by atoms with Crippen molar-refractivity contribution in [2.24, 2.45) is 5.92 Å². The first kappa shape index (κ1) is 16.1. The van der Waals surface area contributed by atoms with Gasteiger partial charge in [0.1, 0.15) is 12.1 Å². The van der Waals surface area contributed by atoms with Crippen molar-refractivity contribution in [3.63, 3.8) is 0 Å². The Morgan fingerprint density at radius 1 is 1.36 bits per heavy atom. The number of carboxylic acid groups (broad SMARTS) is 1. The van der Waals surface area contributed by atoms with Crippen LogP contribution in [0, 0.1) is 5.92 Å². The number of nitrogens with zero attached hydrogens (tertiary/aromatic N) is 2. The lowest BCUT2D eigenvalue weighted by Crippen LogP contribution is -2.37. The lowest BCUT2D eigenvalue weighted by Gasteiger charge is -2.17. The number of alkyl halides is 3. The molecule has 0 spiro atoms. The van der Waals surface area contributed by atoms with Crippen LogP contribution in [0.2, 0.25) is 0 Å². The minimum absolute atomic E-state index is 0.00186. The number of hydrogen-bond donors (Lipinski definition) is 1. The summed E-state index contributed by atoms with van der Waals surface area (Å²) >= 11 is 0. The van der Waals surface area contributed by atoms with Crippen molar-refractivity contribution >= 4 is 11.9 Å². The molecule has 0 unspecified atom stereocenters. The first-order valence-corrected chi connectivity index (χ1v) is 6.47. The highest BCUT2D eigenvalue weighted by atomic mass is 19.4. The summed E-state index contributed by atoms with van der Waals surface area (Å²) < 4.78 is 38.6. The van der Waals surface area contributed by atoms with Gasteiger partial charge in [0.05, 0.1) is 5.92 Å². The van der Waals surface area contributed by atoms with Crippen molar-refractivity contribution in [3.05, 3.63) is 34.2 Å². The Bertz CT molecular complexity index is 653. The van der Waals surface area contributed by atoms with Crippen LogP contribution in [0.1, 0.15) is 12.0 Å². The van der Waals surface area contributed by atoms with Gasteiger partial charge < -0.3 is 14.6 Å². The molecule has 1 fully saturated rings. The van der Waals surface area contributed by atoms with Crippen molar-refractivity contribution in [1.82, 2.24) is 9.47 Å². The molecule has 1 saturated heterocycles. The van der Waals surface area contributed by atoms with Crippen LogP contribution < -0.4 is 5.56 Å². The SMILES string of the molecule is O=C(O)[C@H]1CCN(C(=O)Cn2cccc(C(F)(F)F)c2=O)C1. The van der Waals surface area contributed by atoms with E-state index in [-0.39, 0.29) is 13.1 Å². The van der Waals surface area contributed by atoms with Crippen LogP contribution in [0.25, 0.3) is 0 Å². The van der Waals surface area contributed by atoms with Crippen molar-refractivity contribution in [2.75, 3.05) is 13.1 Å². The highest BCUT2D eigenvalue weighted by Gasteiger charge is 2.35. The van der Waals surface area contributed by atoms with Gasteiger partial charge in [-0.25, -0.2) is 0 Å². The summed E-state index contributed by atoms with van der Waals surface area (Å²) in [5.41, 5.74) is -2.63. The van der Waals surface area contributed by atoms with Crippen LogP contribution in [0.5, 0.6) is 0 Å². The van der Waals surface area contributed by atoms with Gasteiger partial charge in [-0.3, -0.25) is 14.4 Å². The summed E-state index contributed by atoms with van der Waals surface area (Å²) in [6.07, 6.45) is -3.40. The summed E-state index contributed by atoms with van der Waals surface area (Å²) in [5, 5.41) is 8.85. The van der Waals surface area contributed by atoms with E-state index in [2.05, 4.69) is 0 Å². The molecule has 1 aliphatic rings. The average Bonchev–Trinajstić information content (AvgIpc) is 2.89. The molecule has 22 heavy (non-hydrogen) atoms. The molecule has 0 saturated carbocycles. The largest absolute Gasteiger partial charge is 0.481 e. The predicted octanol–water partition coefficient (Wildman–Crippen LogP) is 0.800. The van der Waals surface area contributed by atoms with Gasteiger partial charge >= 0.3 is 12.1 Å². The van der Waals surface area contributed by atoms with Crippen molar-refractivity contribution in [2.45, 2.75) is 19.1 Å². The molecular weight excluding hydrogens is 305 g/mol. The highest BCUT2D eigenvalue weighted by Crippen LogP contribution is 2.26. The molecule has 1 atom stereocenters. The second-order valence-corrected chi connectivity index (χ2v) is 5.02. The second-order valence-electron chi connectivity index (χ2n) is 5.02. The number of aromatic nitrogens is 1. The van der Waals surface area contributed by atoms with Gasteiger partial charge in [-0.2, -0.15) is 13.2 Å². The van der Waals surface area contributed by atoms with Crippen LogP contribution in [0.4, 0.5) is 13.2 Å². The Hall–Kier alpha value is -2.32. The molecule has 0 radical (unpaired) electrons. The topological polar surface area (TPSA) is 79.6 Å². The van der Waals surface area contributed by atoms with Crippen LogP contribution in [-0.4, -0.2) is 39.5 Å². The number of aliphatic carboxylic acids is 1. The zero-order valence-electron chi connectivity index (χ0n) is 11.3. The molecule has 1 aromatic heterocycles. The van der Waals surface area contributed by atoms with E-state index < -0.39 is 41.6 Å². The van der Waals surface area contributed by atoms with Crippen LogP contribution >= 0.6 is 0 Å². The van der Waals surface area contributed by atoms with Gasteiger partial charge in [0.25, 0.3) is 5.56 Å². The van der Waals surface area contributed by atoms with Gasteiger partial charge in [0.2, 0.25) is 5.91 Å². The van der Waals surface area contributed by atoms with Gasteiger partial charge in [-0.15, -0.1) is 0 Å². The van der Waals surface area contributed by atoms with Crippen molar-refractivity contribution in [1.29, 1.82) is 0 Å². The molecule has 1 amide bonds. The molecule has 2 rings (SSSR count). The second kappa shape index (κ2) is 5.82. The smallest absolute Gasteiger partial charge is 0.421 e. The molecular formula is C13H13F3N2O4. The molecule has 120 valence electrons. The normalized spacial score (nSPS) is 18.5. The van der Waals surface area contributed by atoms with Crippen LogP contribution in [0.3, 0.4) is 0 Å². The first-order chi connectivity index (χ1) is 10.2. The number of amides is 1. The van der Waals surface area contributed by atoms with E-state index in [1.54, 1.807) is 0 Å². The van der Waals surface area contributed by atoms with E-state index in [1.165, 1.54) is 4.90 Å². The zero-order chi connectivity index (χ0) is 16.5. The van der Waals surface area contributed by atoms with Gasteiger partial charge in [-0.1, -0.05) is 0 Å². The van der Waals surface area contributed by atoms with E-state index in [4.69, 9.17) is 5.11 Å². The molecule has 1 N–H and O–H groups in total. The summed E-state index contributed by atoms with van der Waals surface area (Å²) in [5.74, 6) is -2.28. The Morgan fingerprint density at radius 2 is 2.05 bits per heavy atom. The number of rotatable bonds is 3. The molecule has 6 nitrogen and oxygen atoms in total. The average molecular weight is 318 g/mol. The maximum Gasteiger partial charge on any atom is 0.421 e. The summed E-state index contributed by atoms with van der Waals surface area (Å²) in [4.78, 5) is 35.8. The lowest BCUT2D eigenvalue weighted by molar-refractivity contribution is -0.142. The van der Waals surface area contributed by atoms with E-state index in [0.29, 0.717) is 17.1 Å². The maximum absolute atomic E-state index is 12.6. The summed E-state index contributed by atoms with van der Waals surface area (Å²) in [6, 6.07) is 1.70. The minimum Gasteiger partial charge on any atom is -0.481 e. The molecule has 0 aliphatic carbocycles. The fourth-order valence-corrected chi connectivity index (χ4v) is 2.31. The number of carbonyl (C=O) groups excluding carboxylic acids is 1. The third-order valence-corrected chi connectivity index (χ3v) is 3.52. The van der Waals surface area contributed by atoms with Gasteiger partial charge in [-0.05, 0) is 18.6 Å². The molecule has 1 aliphatic heterocycles. The zero-order valence-corrected chi connectivity index (χ0v) is 11.3. The fourth-order valence-electron chi connectivity index (χ4n) is 2.31. The Balaban J connectivity index is 2.14. The predicted molar refractivity (Wildman–Crippen MR) is 68.0 cm³/mol. The number of pyridine rings is 1. The van der Waals surface area contributed by atoms with Gasteiger partial charge in [0, 0.05) is 19.3 Å². The molecule has 2 heterocycles. The molecule has 1 aromatic rings. The minimum atomic E-state index is -4.79. The number of hydrogen-bond acceptors (Lipinski definition) is 3. The first-order valence-electron chi connectivity index (χ1n) is 6.47. The van der Waals surface area contributed by atoms with Crippen molar-refractivity contribution < 1.29 is 27.9 Å². The fraction of sp³-hybridized carbons (Fsp3) is 0.462. The maximum atomic E-state index is 12.6. The van der Waals surface area contributed by atoms with E-state index >= 15 is 0 Å². The monoisotopic (exact) mass is 318 g/mol. The lowest BCUT2D eigenvalue weighted by atomic mass is 10.1.